The van der Waals surface area contributed by atoms with Crippen molar-refractivity contribution in [1.29, 1.82) is 0 Å². The minimum atomic E-state index is -0.569. The average molecular weight is 414 g/mol. The number of allylic oxidation sites excluding steroid dienone is 1. The Kier molecular flexibility index (Phi) is 5.57. The molecule has 1 saturated heterocycles. The smallest absolute Gasteiger partial charge is 0.339 e. The molecule has 1 aliphatic heterocycles. The summed E-state index contributed by atoms with van der Waals surface area (Å²) in [7, 11) is 1.27. The van der Waals surface area contributed by atoms with Crippen molar-refractivity contribution in [3.05, 3.63) is 74.7 Å². The summed E-state index contributed by atoms with van der Waals surface area (Å²) in [6.07, 6.45) is 0. The molecule has 7 nitrogen and oxygen atoms in total. The number of methoxy groups -OCH3 is 1. The highest BCUT2D eigenvalue weighted by Gasteiger charge is 2.36. The second-order valence-corrected chi connectivity index (χ2v) is 7.42. The molecule has 0 radical (unpaired) electrons. The van der Waals surface area contributed by atoms with Gasteiger partial charge in [-0.05, 0) is 42.3 Å². The third kappa shape index (κ3) is 3.54. The summed E-state index contributed by atoms with van der Waals surface area (Å²) in [5, 5.41) is 10.8. The number of rotatable bonds is 4. The molecule has 2 aromatic carbocycles. The molecule has 2 aromatic rings. The van der Waals surface area contributed by atoms with Gasteiger partial charge < -0.3 is 4.74 Å². The Bertz CT molecular complexity index is 1030. The highest BCUT2D eigenvalue weighted by Crippen LogP contribution is 2.40. The second kappa shape index (κ2) is 7.91. The molecule has 1 amide bonds. The van der Waals surface area contributed by atoms with Crippen molar-refractivity contribution in [2.24, 2.45) is 0 Å². The van der Waals surface area contributed by atoms with Gasteiger partial charge in [0.1, 0.15) is 0 Å². The van der Waals surface area contributed by atoms with Crippen molar-refractivity contribution in [2.45, 2.75) is 6.92 Å². The van der Waals surface area contributed by atoms with Crippen LogP contribution in [0.5, 0.6) is 0 Å². The van der Waals surface area contributed by atoms with E-state index in [4.69, 9.17) is 17.0 Å². The first kappa shape index (κ1) is 19.7. The Labute approximate surface area is 170 Å². The van der Waals surface area contributed by atoms with Crippen molar-refractivity contribution in [3.8, 4) is 0 Å². The number of amides is 1. The predicted molar refractivity (Wildman–Crippen MR) is 111 cm³/mol. The van der Waals surface area contributed by atoms with E-state index in [1.807, 2.05) is 0 Å². The minimum absolute atomic E-state index is 0.0314. The molecule has 142 valence electrons. The SMILES string of the molecule is COC(=O)c1ccccc1N1C(=O)/C(=C(\C)c2ccc([N+](=O)[O-])cc2)SC1=S. The van der Waals surface area contributed by atoms with E-state index in [1.165, 1.54) is 24.1 Å². The van der Waals surface area contributed by atoms with Crippen LogP contribution in [-0.4, -0.2) is 28.2 Å². The van der Waals surface area contributed by atoms with Crippen LogP contribution in [-0.2, 0) is 9.53 Å². The second-order valence-electron chi connectivity index (χ2n) is 5.78. The maximum Gasteiger partial charge on any atom is 0.339 e. The van der Waals surface area contributed by atoms with Gasteiger partial charge in [0.05, 0.1) is 28.2 Å². The van der Waals surface area contributed by atoms with Gasteiger partial charge in [0, 0.05) is 12.1 Å². The number of carbonyl (C=O) groups is 2. The highest BCUT2D eigenvalue weighted by molar-refractivity contribution is 8.27. The van der Waals surface area contributed by atoms with Gasteiger partial charge in [0.2, 0.25) is 0 Å². The Balaban J connectivity index is 2.01. The van der Waals surface area contributed by atoms with Gasteiger partial charge in [-0.3, -0.25) is 19.8 Å². The maximum absolute atomic E-state index is 13.1. The van der Waals surface area contributed by atoms with Crippen LogP contribution < -0.4 is 4.90 Å². The third-order valence-corrected chi connectivity index (χ3v) is 5.65. The molecule has 0 aliphatic carbocycles. The molecule has 0 bridgehead atoms. The molecule has 0 spiro atoms. The largest absolute Gasteiger partial charge is 0.465 e. The number of thioether (sulfide) groups is 1. The van der Waals surface area contributed by atoms with E-state index < -0.39 is 10.9 Å². The van der Waals surface area contributed by atoms with E-state index in [2.05, 4.69) is 0 Å². The van der Waals surface area contributed by atoms with E-state index in [1.54, 1.807) is 43.3 Å². The number of ether oxygens (including phenoxy) is 1. The van der Waals surface area contributed by atoms with Gasteiger partial charge in [-0.15, -0.1) is 0 Å². The zero-order valence-electron chi connectivity index (χ0n) is 14.9. The van der Waals surface area contributed by atoms with Crippen molar-refractivity contribution in [2.75, 3.05) is 12.0 Å². The van der Waals surface area contributed by atoms with Crippen LogP contribution in [0.25, 0.3) is 5.57 Å². The lowest BCUT2D eigenvalue weighted by Gasteiger charge is -2.17. The third-order valence-electron chi connectivity index (χ3n) is 4.17. The molecule has 1 fully saturated rings. The predicted octanol–water partition coefficient (Wildman–Crippen LogP) is 4.18. The fraction of sp³-hybridized carbons (Fsp3) is 0.105. The van der Waals surface area contributed by atoms with Gasteiger partial charge in [-0.2, -0.15) is 0 Å². The van der Waals surface area contributed by atoms with E-state index in [9.17, 15) is 19.7 Å². The molecule has 0 aromatic heterocycles. The summed E-state index contributed by atoms with van der Waals surface area (Å²) in [6, 6.07) is 12.5. The number of carbonyl (C=O) groups excluding carboxylic acids is 2. The molecule has 1 aliphatic rings. The Hall–Kier alpha value is -3.04. The number of thiocarbonyl (C=S) groups is 1. The van der Waals surface area contributed by atoms with Gasteiger partial charge in [0.25, 0.3) is 11.6 Å². The van der Waals surface area contributed by atoms with Crippen LogP contribution in [0.2, 0.25) is 0 Å². The number of esters is 1. The lowest BCUT2D eigenvalue weighted by atomic mass is 10.1. The van der Waals surface area contributed by atoms with Gasteiger partial charge >= 0.3 is 5.97 Å². The first-order valence-electron chi connectivity index (χ1n) is 8.04. The van der Waals surface area contributed by atoms with E-state index in [-0.39, 0.29) is 21.5 Å². The first-order chi connectivity index (χ1) is 13.3. The Morgan fingerprint density at radius 3 is 2.43 bits per heavy atom. The molecule has 0 N–H and O–H groups in total. The zero-order chi connectivity index (χ0) is 20.4. The normalized spacial score (nSPS) is 15.6. The molecule has 3 rings (SSSR count). The molecule has 0 atom stereocenters. The number of para-hydroxylation sites is 1. The molecular weight excluding hydrogens is 400 g/mol. The fourth-order valence-electron chi connectivity index (χ4n) is 2.72. The fourth-order valence-corrected chi connectivity index (χ4v) is 4.05. The number of hydrogen-bond acceptors (Lipinski definition) is 7. The standard InChI is InChI=1S/C19H14N2O5S2/c1-11(12-7-9-13(10-8-12)21(24)25)16-17(22)20(19(27)28-16)15-6-4-3-5-14(15)18(23)26-2/h3-10H,1-2H3/b16-11-. The molecular formula is C19H14N2O5S2. The van der Waals surface area contributed by atoms with Crippen LogP contribution in [0.15, 0.2) is 53.4 Å². The Morgan fingerprint density at radius 2 is 1.82 bits per heavy atom. The zero-order valence-corrected chi connectivity index (χ0v) is 16.5. The number of anilines is 1. The lowest BCUT2D eigenvalue weighted by molar-refractivity contribution is -0.384. The summed E-state index contributed by atoms with van der Waals surface area (Å²) in [6.45, 7) is 1.75. The number of nitrogens with zero attached hydrogens (tertiary/aromatic N) is 2. The average Bonchev–Trinajstić information content (AvgIpc) is 3.00. The number of hydrogen-bond donors (Lipinski definition) is 0. The van der Waals surface area contributed by atoms with E-state index >= 15 is 0 Å². The number of nitro benzene ring substituents is 1. The van der Waals surface area contributed by atoms with Crippen LogP contribution in [0.3, 0.4) is 0 Å². The highest BCUT2D eigenvalue weighted by atomic mass is 32.2. The van der Waals surface area contributed by atoms with Crippen molar-refractivity contribution >= 4 is 57.1 Å². The summed E-state index contributed by atoms with van der Waals surface area (Å²) >= 11 is 6.50. The molecule has 9 heteroatoms. The van der Waals surface area contributed by atoms with Crippen LogP contribution >= 0.6 is 24.0 Å². The first-order valence-corrected chi connectivity index (χ1v) is 9.27. The lowest BCUT2D eigenvalue weighted by Crippen LogP contribution is -2.29. The van der Waals surface area contributed by atoms with Crippen molar-refractivity contribution in [1.82, 2.24) is 0 Å². The quantitative estimate of drug-likeness (QED) is 0.244. The van der Waals surface area contributed by atoms with E-state index in [0.717, 1.165) is 11.8 Å². The Morgan fingerprint density at radius 1 is 1.18 bits per heavy atom. The number of benzene rings is 2. The maximum atomic E-state index is 13.1. The van der Waals surface area contributed by atoms with Crippen LogP contribution in [0.4, 0.5) is 11.4 Å². The van der Waals surface area contributed by atoms with Gasteiger partial charge in [-0.1, -0.05) is 36.1 Å². The topological polar surface area (TPSA) is 89.8 Å². The summed E-state index contributed by atoms with van der Waals surface area (Å²) in [5.41, 5.74) is 1.87. The van der Waals surface area contributed by atoms with Crippen molar-refractivity contribution < 1.29 is 19.2 Å². The minimum Gasteiger partial charge on any atom is -0.465 e. The number of non-ortho nitro benzene ring substituents is 1. The van der Waals surface area contributed by atoms with Crippen molar-refractivity contribution in [3.63, 3.8) is 0 Å². The number of nitro groups is 1. The molecule has 1 heterocycles. The molecule has 28 heavy (non-hydrogen) atoms. The van der Waals surface area contributed by atoms with E-state index in [0.29, 0.717) is 21.7 Å². The summed E-state index contributed by atoms with van der Waals surface area (Å²) in [5.74, 6) is -0.928. The van der Waals surface area contributed by atoms with Gasteiger partial charge in [-0.25, -0.2) is 4.79 Å². The monoisotopic (exact) mass is 414 g/mol. The summed E-state index contributed by atoms with van der Waals surface area (Å²) < 4.78 is 5.08. The molecule has 0 unspecified atom stereocenters. The van der Waals surface area contributed by atoms with Gasteiger partial charge in [0.15, 0.2) is 4.32 Å². The van der Waals surface area contributed by atoms with Crippen LogP contribution in [0.1, 0.15) is 22.8 Å². The summed E-state index contributed by atoms with van der Waals surface area (Å²) in [4.78, 5) is 37.2. The molecule has 0 saturated carbocycles. The van der Waals surface area contributed by atoms with Crippen LogP contribution in [0, 0.1) is 10.1 Å².